The van der Waals surface area contributed by atoms with Crippen molar-refractivity contribution in [3.8, 4) is 11.3 Å². The second kappa shape index (κ2) is 7.88. The Hall–Kier alpha value is -3.08. The molecule has 1 N–H and O–H groups in total. The molecular formula is C26H27NO4. The average molecular weight is 418 g/mol. The molecule has 5 nitrogen and oxygen atoms in total. The van der Waals surface area contributed by atoms with Crippen molar-refractivity contribution in [2.45, 2.75) is 51.0 Å². The molecule has 31 heavy (non-hydrogen) atoms. The summed E-state index contributed by atoms with van der Waals surface area (Å²) in [6.45, 7) is 0.489. The zero-order valence-corrected chi connectivity index (χ0v) is 17.8. The van der Waals surface area contributed by atoms with Gasteiger partial charge in [0.25, 0.3) is 0 Å². The summed E-state index contributed by atoms with van der Waals surface area (Å²) in [5, 5.41) is 10.7. The second-order valence-corrected chi connectivity index (χ2v) is 8.83. The summed E-state index contributed by atoms with van der Waals surface area (Å²) >= 11 is 0. The van der Waals surface area contributed by atoms with Gasteiger partial charge in [0, 0.05) is 23.0 Å². The molecular weight excluding hydrogens is 390 g/mol. The van der Waals surface area contributed by atoms with E-state index in [1.165, 1.54) is 31.9 Å². The van der Waals surface area contributed by atoms with E-state index >= 15 is 0 Å². The van der Waals surface area contributed by atoms with Crippen LogP contribution in [-0.4, -0.2) is 28.7 Å². The van der Waals surface area contributed by atoms with Crippen molar-refractivity contribution >= 4 is 22.8 Å². The van der Waals surface area contributed by atoms with E-state index in [2.05, 4.69) is 16.7 Å². The van der Waals surface area contributed by atoms with Gasteiger partial charge in [-0.2, -0.15) is 0 Å². The van der Waals surface area contributed by atoms with Gasteiger partial charge in [-0.05, 0) is 48.4 Å². The maximum Gasteiger partial charge on any atom is 0.335 e. The van der Waals surface area contributed by atoms with E-state index < -0.39 is 5.97 Å². The van der Waals surface area contributed by atoms with Crippen LogP contribution in [-0.2, 0) is 22.5 Å². The van der Waals surface area contributed by atoms with E-state index in [0.29, 0.717) is 18.9 Å². The lowest BCUT2D eigenvalue weighted by Gasteiger charge is -2.24. The lowest BCUT2D eigenvalue weighted by atomic mass is 9.81. The molecule has 160 valence electrons. The van der Waals surface area contributed by atoms with Gasteiger partial charge in [-0.1, -0.05) is 49.6 Å². The highest BCUT2D eigenvalue weighted by atomic mass is 16.5. The molecule has 5 heteroatoms. The van der Waals surface area contributed by atoms with E-state index in [4.69, 9.17) is 4.74 Å². The van der Waals surface area contributed by atoms with Crippen LogP contribution in [0.5, 0.6) is 0 Å². The fraction of sp³-hybridized carbons (Fsp3) is 0.385. The van der Waals surface area contributed by atoms with Crippen LogP contribution in [0.1, 0.15) is 59.5 Å². The third-order valence-electron chi connectivity index (χ3n) is 7.04. The summed E-state index contributed by atoms with van der Waals surface area (Å²) in [7, 11) is 1.43. The summed E-state index contributed by atoms with van der Waals surface area (Å²) < 4.78 is 7.32. The molecule has 0 bridgehead atoms. The molecule has 1 aliphatic heterocycles. The number of nitrogens with zero attached hydrogens (tertiary/aromatic N) is 1. The standard InChI is InChI=1S/C26H27NO4/c1-31-26(30)19-13-17-9-5-6-10-20(17)24-23(16-7-3-2-4-8-16)21-12-11-18(25(28)29)14-22(21)27(24)15-19/h5-6,9-12,14,16,19H,2-4,7-8,13,15H2,1H3,(H,28,29). The summed E-state index contributed by atoms with van der Waals surface area (Å²) in [5.41, 5.74) is 5.96. The molecule has 1 aromatic heterocycles. The molecule has 1 atom stereocenters. The highest BCUT2D eigenvalue weighted by molar-refractivity contribution is 5.98. The number of hydrogen-bond acceptors (Lipinski definition) is 3. The number of rotatable bonds is 3. The molecule has 0 radical (unpaired) electrons. The van der Waals surface area contributed by atoms with Gasteiger partial charge in [0.2, 0.25) is 0 Å². The zero-order chi connectivity index (χ0) is 21.5. The van der Waals surface area contributed by atoms with Crippen molar-refractivity contribution in [1.29, 1.82) is 0 Å². The number of aromatic nitrogens is 1. The second-order valence-electron chi connectivity index (χ2n) is 8.83. The number of fused-ring (bicyclic) bond motifs is 5. The van der Waals surface area contributed by atoms with Gasteiger partial charge in [-0.15, -0.1) is 0 Å². The molecule has 2 aromatic carbocycles. The highest BCUT2D eigenvalue weighted by Gasteiger charge is 2.33. The largest absolute Gasteiger partial charge is 0.478 e. The topological polar surface area (TPSA) is 68.5 Å². The fourth-order valence-electron chi connectivity index (χ4n) is 5.60. The number of carboxylic acid groups (broad SMARTS) is 1. The first-order valence-electron chi connectivity index (χ1n) is 11.1. The number of carbonyl (C=O) groups excluding carboxylic acids is 1. The number of esters is 1. The van der Waals surface area contributed by atoms with Crippen molar-refractivity contribution in [1.82, 2.24) is 4.57 Å². The smallest absolute Gasteiger partial charge is 0.335 e. The van der Waals surface area contributed by atoms with Gasteiger partial charge in [0.1, 0.15) is 0 Å². The van der Waals surface area contributed by atoms with Crippen LogP contribution in [0.15, 0.2) is 42.5 Å². The minimum absolute atomic E-state index is 0.224. The van der Waals surface area contributed by atoms with Gasteiger partial charge in [0.15, 0.2) is 0 Å². The minimum atomic E-state index is -0.935. The molecule has 1 unspecified atom stereocenters. The van der Waals surface area contributed by atoms with Crippen LogP contribution in [0, 0.1) is 5.92 Å². The van der Waals surface area contributed by atoms with E-state index in [-0.39, 0.29) is 17.5 Å². The highest BCUT2D eigenvalue weighted by Crippen LogP contribution is 2.46. The van der Waals surface area contributed by atoms with Gasteiger partial charge >= 0.3 is 11.9 Å². The number of carboxylic acids is 1. The Kier molecular flexibility index (Phi) is 5.05. The maximum absolute atomic E-state index is 12.6. The van der Waals surface area contributed by atoms with Crippen molar-refractivity contribution < 1.29 is 19.4 Å². The Balaban J connectivity index is 1.83. The van der Waals surface area contributed by atoms with Crippen molar-refractivity contribution in [3.63, 3.8) is 0 Å². The number of carbonyl (C=O) groups is 2. The van der Waals surface area contributed by atoms with Crippen molar-refractivity contribution in [3.05, 3.63) is 59.2 Å². The lowest BCUT2D eigenvalue weighted by molar-refractivity contribution is -0.145. The van der Waals surface area contributed by atoms with Crippen LogP contribution >= 0.6 is 0 Å². The lowest BCUT2D eigenvalue weighted by Crippen LogP contribution is -2.22. The van der Waals surface area contributed by atoms with E-state index in [1.54, 1.807) is 12.1 Å². The Labute approximate surface area is 181 Å². The van der Waals surface area contributed by atoms with Crippen LogP contribution in [0.2, 0.25) is 0 Å². The fourth-order valence-corrected chi connectivity index (χ4v) is 5.60. The third-order valence-corrected chi connectivity index (χ3v) is 7.04. The van der Waals surface area contributed by atoms with Gasteiger partial charge in [-0.3, -0.25) is 4.79 Å². The summed E-state index contributed by atoms with van der Waals surface area (Å²) in [5.74, 6) is -1.02. The van der Waals surface area contributed by atoms with Gasteiger partial charge < -0.3 is 14.4 Å². The maximum atomic E-state index is 12.6. The van der Waals surface area contributed by atoms with Crippen LogP contribution in [0.3, 0.4) is 0 Å². The van der Waals surface area contributed by atoms with Crippen LogP contribution < -0.4 is 0 Å². The van der Waals surface area contributed by atoms with Gasteiger partial charge in [0.05, 0.1) is 24.3 Å². The first-order chi connectivity index (χ1) is 15.1. The molecule has 5 rings (SSSR count). The van der Waals surface area contributed by atoms with Crippen molar-refractivity contribution in [2.24, 2.45) is 5.92 Å². The molecule has 0 saturated heterocycles. The van der Waals surface area contributed by atoms with Crippen molar-refractivity contribution in [2.75, 3.05) is 7.11 Å². The molecule has 1 aliphatic carbocycles. The molecule has 1 saturated carbocycles. The first-order valence-corrected chi connectivity index (χ1v) is 11.1. The number of methoxy groups -OCH3 is 1. The molecule has 0 spiro atoms. The monoisotopic (exact) mass is 417 g/mol. The summed E-state index contributed by atoms with van der Waals surface area (Å²) in [4.78, 5) is 24.4. The summed E-state index contributed by atoms with van der Waals surface area (Å²) in [6, 6.07) is 13.8. The molecule has 2 heterocycles. The number of hydrogen-bond donors (Lipinski definition) is 1. The first kappa shape index (κ1) is 19.9. The SMILES string of the molecule is COC(=O)C1Cc2ccccc2-c2c(C3CCCCC3)c3ccc(C(=O)O)cc3n2C1. The Morgan fingerprint density at radius 1 is 1.06 bits per heavy atom. The van der Waals surface area contributed by atoms with E-state index in [9.17, 15) is 14.7 Å². The predicted octanol–water partition coefficient (Wildman–Crippen LogP) is 5.40. The van der Waals surface area contributed by atoms with Crippen LogP contribution in [0.4, 0.5) is 0 Å². The third kappa shape index (κ3) is 3.32. The zero-order valence-electron chi connectivity index (χ0n) is 17.8. The Morgan fingerprint density at radius 3 is 2.58 bits per heavy atom. The summed E-state index contributed by atoms with van der Waals surface area (Å²) in [6.07, 6.45) is 6.63. The Bertz CT molecular complexity index is 1170. The molecule has 2 aliphatic rings. The number of aromatic carboxylic acids is 1. The minimum Gasteiger partial charge on any atom is -0.478 e. The number of benzene rings is 2. The quantitative estimate of drug-likeness (QED) is 0.580. The molecule has 0 amide bonds. The molecule has 3 aromatic rings. The Morgan fingerprint density at radius 2 is 1.84 bits per heavy atom. The van der Waals surface area contributed by atoms with E-state index in [1.807, 2.05) is 18.2 Å². The van der Waals surface area contributed by atoms with E-state index in [0.717, 1.165) is 40.6 Å². The normalized spacial score (nSPS) is 18.8. The average Bonchev–Trinajstić information content (AvgIpc) is 3.01. The number of ether oxygens (including phenoxy) is 1. The van der Waals surface area contributed by atoms with Crippen LogP contribution in [0.25, 0.3) is 22.2 Å². The molecule has 1 fully saturated rings. The van der Waals surface area contributed by atoms with Gasteiger partial charge in [-0.25, -0.2) is 4.79 Å². The predicted molar refractivity (Wildman–Crippen MR) is 119 cm³/mol.